The lowest BCUT2D eigenvalue weighted by atomic mass is 10.4. The quantitative estimate of drug-likeness (QED) is 0.554. The third-order valence-corrected chi connectivity index (χ3v) is 2.77. The molecule has 0 aromatic carbocycles. The Morgan fingerprint density at radius 2 is 2.40 bits per heavy atom. The zero-order valence-corrected chi connectivity index (χ0v) is 9.93. The van der Waals surface area contributed by atoms with Crippen LogP contribution in [0.3, 0.4) is 0 Å². The predicted octanol–water partition coefficient (Wildman–Crippen LogP) is 2.77. The minimum Gasteiger partial charge on any atom is -0.468 e. The van der Waals surface area contributed by atoms with Crippen LogP contribution in [0.15, 0.2) is 16.7 Å². The van der Waals surface area contributed by atoms with Crippen LogP contribution in [0.4, 0.5) is 0 Å². The molecule has 0 unspecified atom stereocenters. The van der Waals surface area contributed by atoms with Crippen LogP contribution in [-0.4, -0.2) is 18.3 Å². The molecule has 0 bridgehead atoms. The molecule has 3 nitrogen and oxygen atoms in total. The lowest BCUT2D eigenvalue weighted by Gasteiger charge is -2.00. The van der Waals surface area contributed by atoms with E-state index in [9.17, 15) is 4.79 Å². The number of thioether (sulfide) groups is 1. The maximum absolute atomic E-state index is 11.0. The number of carbonyl (C=O) groups is 1. The van der Waals surface area contributed by atoms with Gasteiger partial charge in [-0.3, -0.25) is 4.79 Å². The summed E-state index contributed by atoms with van der Waals surface area (Å²) in [6.07, 6.45) is 2.21. The number of hydrogen-bond donors (Lipinski definition) is 0. The van der Waals surface area contributed by atoms with Gasteiger partial charge in [0.15, 0.2) is 0 Å². The number of ether oxygens (including phenoxy) is 1. The van der Waals surface area contributed by atoms with E-state index < -0.39 is 0 Å². The molecule has 0 aliphatic rings. The molecule has 0 saturated heterocycles. The van der Waals surface area contributed by atoms with Crippen molar-refractivity contribution in [3.63, 3.8) is 0 Å². The van der Waals surface area contributed by atoms with Gasteiger partial charge in [-0.1, -0.05) is 0 Å². The summed E-state index contributed by atoms with van der Waals surface area (Å²) in [7, 11) is 0. The number of aryl methyl sites for hydroxylation is 1. The van der Waals surface area contributed by atoms with Gasteiger partial charge in [0.2, 0.25) is 0 Å². The molecule has 0 fully saturated rings. The molecule has 1 aromatic rings. The van der Waals surface area contributed by atoms with E-state index in [1.165, 1.54) is 0 Å². The number of hydrogen-bond acceptors (Lipinski definition) is 4. The molecule has 0 saturated carbocycles. The fraction of sp³-hybridized carbons (Fsp3) is 0.545. The van der Waals surface area contributed by atoms with Crippen LogP contribution in [0, 0.1) is 6.92 Å². The molecular weight excluding hydrogens is 212 g/mol. The average Bonchev–Trinajstić information content (AvgIpc) is 2.60. The first-order valence-corrected chi connectivity index (χ1v) is 6.15. The molecule has 0 amide bonds. The van der Waals surface area contributed by atoms with Crippen molar-refractivity contribution < 1.29 is 13.9 Å². The molecular formula is C11H16O3S. The minimum absolute atomic E-state index is 0.124. The molecule has 15 heavy (non-hydrogen) atoms. The van der Waals surface area contributed by atoms with Gasteiger partial charge >= 0.3 is 5.97 Å². The van der Waals surface area contributed by atoms with E-state index in [4.69, 9.17) is 9.15 Å². The van der Waals surface area contributed by atoms with Gasteiger partial charge in [0.1, 0.15) is 5.76 Å². The van der Waals surface area contributed by atoms with Crippen molar-refractivity contribution in [2.24, 2.45) is 0 Å². The van der Waals surface area contributed by atoms with Crippen LogP contribution in [0.2, 0.25) is 0 Å². The van der Waals surface area contributed by atoms with Gasteiger partial charge in [-0.05, 0) is 25.5 Å². The van der Waals surface area contributed by atoms with E-state index in [-0.39, 0.29) is 5.97 Å². The first kappa shape index (κ1) is 12.2. The Labute approximate surface area is 94.2 Å². The molecule has 0 N–H and O–H groups in total. The Morgan fingerprint density at radius 1 is 1.60 bits per heavy atom. The third kappa shape index (κ3) is 4.93. The molecule has 0 spiro atoms. The number of rotatable bonds is 6. The molecule has 0 aliphatic carbocycles. The van der Waals surface area contributed by atoms with Gasteiger partial charge in [-0.25, -0.2) is 0 Å². The van der Waals surface area contributed by atoms with Crippen LogP contribution in [0.5, 0.6) is 0 Å². The van der Waals surface area contributed by atoms with Crippen molar-refractivity contribution in [1.29, 1.82) is 0 Å². The summed E-state index contributed by atoms with van der Waals surface area (Å²) in [5, 5.41) is 0. The summed E-state index contributed by atoms with van der Waals surface area (Å²) < 4.78 is 10.1. The minimum atomic E-state index is -0.124. The van der Waals surface area contributed by atoms with E-state index in [0.29, 0.717) is 13.0 Å². The van der Waals surface area contributed by atoms with Gasteiger partial charge in [-0.2, -0.15) is 11.8 Å². The van der Waals surface area contributed by atoms with E-state index in [1.807, 2.05) is 19.9 Å². The summed E-state index contributed by atoms with van der Waals surface area (Å²) >= 11 is 1.68. The van der Waals surface area contributed by atoms with Crippen molar-refractivity contribution >= 4 is 17.7 Å². The summed E-state index contributed by atoms with van der Waals surface area (Å²) in [4.78, 5) is 11.0. The molecule has 1 heterocycles. The van der Waals surface area contributed by atoms with E-state index in [1.54, 1.807) is 18.0 Å². The molecule has 0 radical (unpaired) electrons. The SMILES string of the molecule is CCOC(=O)CCSCc1cc(C)co1. The maximum atomic E-state index is 11.0. The Hall–Kier alpha value is -0.900. The first-order valence-electron chi connectivity index (χ1n) is 4.99. The second-order valence-electron chi connectivity index (χ2n) is 3.20. The zero-order valence-electron chi connectivity index (χ0n) is 9.12. The fourth-order valence-corrected chi connectivity index (χ4v) is 1.94. The number of esters is 1. The van der Waals surface area contributed by atoms with Crippen molar-refractivity contribution in [2.45, 2.75) is 26.0 Å². The second kappa shape index (κ2) is 6.56. The fourth-order valence-electron chi connectivity index (χ4n) is 1.13. The second-order valence-corrected chi connectivity index (χ2v) is 4.30. The summed E-state index contributed by atoms with van der Waals surface area (Å²) in [5.74, 6) is 2.42. The maximum Gasteiger partial charge on any atom is 0.306 e. The van der Waals surface area contributed by atoms with Gasteiger partial charge < -0.3 is 9.15 Å². The lowest BCUT2D eigenvalue weighted by molar-refractivity contribution is -0.142. The van der Waals surface area contributed by atoms with Crippen LogP contribution in [0.25, 0.3) is 0 Å². The summed E-state index contributed by atoms with van der Waals surface area (Å²) in [5.41, 5.74) is 1.14. The normalized spacial score (nSPS) is 10.3. The molecule has 1 aromatic heterocycles. The highest BCUT2D eigenvalue weighted by Gasteiger charge is 2.03. The third-order valence-electron chi connectivity index (χ3n) is 1.79. The highest BCUT2D eigenvalue weighted by molar-refractivity contribution is 7.98. The molecule has 84 valence electrons. The summed E-state index contributed by atoms with van der Waals surface area (Å²) in [6, 6.07) is 2.01. The highest BCUT2D eigenvalue weighted by Crippen LogP contribution is 2.15. The standard InChI is InChI=1S/C11H16O3S/c1-3-13-11(12)4-5-15-8-10-6-9(2)7-14-10/h6-7H,3-5,8H2,1-2H3. The van der Waals surface area contributed by atoms with Crippen LogP contribution >= 0.6 is 11.8 Å². The van der Waals surface area contributed by atoms with Gasteiger partial charge in [-0.15, -0.1) is 0 Å². The highest BCUT2D eigenvalue weighted by atomic mass is 32.2. The zero-order chi connectivity index (χ0) is 11.1. The van der Waals surface area contributed by atoms with E-state index in [2.05, 4.69) is 0 Å². The Bertz CT molecular complexity index is 307. The summed E-state index contributed by atoms with van der Waals surface area (Å²) in [6.45, 7) is 4.27. The van der Waals surface area contributed by atoms with Gasteiger partial charge in [0, 0.05) is 5.75 Å². The largest absolute Gasteiger partial charge is 0.468 e. The Balaban J connectivity index is 2.09. The predicted molar refractivity (Wildman–Crippen MR) is 60.9 cm³/mol. The molecule has 0 atom stereocenters. The monoisotopic (exact) mass is 228 g/mol. The molecule has 0 aliphatic heterocycles. The molecule has 1 rings (SSSR count). The van der Waals surface area contributed by atoms with Crippen molar-refractivity contribution in [1.82, 2.24) is 0 Å². The lowest BCUT2D eigenvalue weighted by Crippen LogP contribution is -2.04. The van der Waals surface area contributed by atoms with Crippen molar-refractivity contribution in [3.05, 3.63) is 23.7 Å². The van der Waals surface area contributed by atoms with Crippen LogP contribution in [-0.2, 0) is 15.3 Å². The van der Waals surface area contributed by atoms with Crippen molar-refractivity contribution in [3.8, 4) is 0 Å². The Morgan fingerprint density at radius 3 is 3.00 bits per heavy atom. The topological polar surface area (TPSA) is 39.4 Å². The van der Waals surface area contributed by atoms with Crippen LogP contribution in [0.1, 0.15) is 24.7 Å². The van der Waals surface area contributed by atoms with Gasteiger partial charge in [0.05, 0.1) is 25.0 Å². The number of furan rings is 1. The number of carbonyl (C=O) groups excluding carboxylic acids is 1. The first-order chi connectivity index (χ1) is 7.22. The Kier molecular flexibility index (Phi) is 5.32. The average molecular weight is 228 g/mol. The smallest absolute Gasteiger partial charge is 0.306 e. The van der Waals surface area contributed by atoms with Crippen LogP contribution < -0.4 is 0 Å². The van der Waals surface area contributed by atoms with Crippen molar-refractivity contribution in [2.75, 3.05) is 12.4 Å². The molecule has 4 heteroatoms. The van der Waals surface area contributed by atoms with Gasteiger partial charge in [0.25, 0.3) is 0 Å². The van der Waals surface area contributed by atoms with E-state index in [0.717, 1.165) is 22.8 Å². The van der Waals surface area contributed by atoms with E-state index >= 15 is 0 Å².